The van der Waals surface area contributed by atoms with Crippen LogP contribution in [0.15, 0.2) is 28.4 Å². The fraction of sp³-hybridized carbons (Fsp3) is 0.556. The van der Waals surface area contributed by atoms with Crippen LogP contribution in [-0.2, 0) is 24.6 Å². The van der Waals surface area contributed by atoms with E-state index >= 15 is 0 Å². The van der Waals surface area contributed by atoms with Crippen molar-refractivity contribution in [3.05, 3.63) is 29.5 Å². The molecule has 1 N–H and O–H groups in total. The number of esters is 1. The molecule has 26 heavy (non-hydrogen) atoms. The number of rotatable bonds is 4. The molecular formula is C18H24O7Si. The zero-order chi connectivity index (χ0) is 19.3. The molecule has 0 amide bonds. The second-order valence-corrected chi connectivity index (χ2v) is 12.7. The first kappa shape index (κ1) is 18.7. The third-order valence-corrected chi connectivity index (χ3v) is 6.58. The number of fused-ring (bicyclic) bond motifs is 1. The van der Waals surface area contributed by atoms with Gasteiger partial charge in [-0.05, 0) is 25.5 Å². The van der Waals surface area contributed by atoms with E-state index in [9.17, 15) is 14.7 Å². The predicted molar refractivity (Wildman–Crippen MR) is 94.6 cm³/mol. The van der Waals surface area contributed by atoms with Gasteiger partial charge in [0, 0.05) is 5.56 Å². The van der Waals surface area contributed by atoms with Gasteiger partial charge in [0.15, 0.2) is 17.8 Å². The molecule has 8 heteroatoms. The Labute approximate surface area is 152 Å². The summed E-state index contributed by atoms with van der Waals surface area (Å²) in [6, 6.07) is 1.64. The van der Waals surface area contributed by atoms with Crippen LogP contribution < -0.4 is 5.38 Å². The van der Waals surface area contributed by atoms with E-state index in [0.717, 1.165) is 0 Å². The zero-order valence-corrected chi connectivity index (χ0v) is 16.6. The van der Waals surface area contributed by atoms with Crippen molar-refractivity contribution in [2.24, 2.45) is 5.92 Å². The smallest absolute Gasteiger partial charge is 0.474 e. The normalized spacial score (nSPS) is 30.9. The summed E-state index contributed by atoms with van der Waals surface area (Å²) >= 11 is 0. The Kier molecular flexibility index (Phi) is 4.52. The minimum absolute atomic E-state index is 0.176. The van der Waals surface area contributed by atoms with Crippen LogP contribution in [0, 0.1) is 5.92 Å². The lowest BCUT2D eigenvalue weighted by molar-refractivity contribution is -0.168. The van der Waals surface area contributed by atoms with Gasteiger partial charge in [-0.3, -0.25) is 4.79 Å². The number of furan rings is 1. The summed E-state index contributed by atoms with van der Waals surface area (Å²) < 4.78 is 21.4. The highest BCUT2D eigenvalue weighted by Gasteiger charge is 2.62. The van der Waals surface area contributed by atoms with Gasteiger partial charge in [0.25, 0.3) is 0 Å². The molecule has 2 heterocycles. The molecule has 142 valence electrons. The van der Waals surface area contributed by atoms with Crippen LogP contribution >= 0.6 is 0 Å². The van der Waals surface area contributed by atoms with Gasteiger partial charge in [-0.15, -0.1) is 0 Å². The second-order valence-electron chi connectivity index (χ2n) is 7.71. The minimum atomic E-state index is -2.00. The summed E-state index contributed by atoms with van der Waals surface area (Å²) in [7, 11) is -2.00. The number of hydrogen-bond acceptors (Lipinski definition) is 7. The average molecular weight is 380 g/mol. The molecule has 3 rings (SSSR count). The van der Waals surface area contributed by atoms with Crippen molar-refractivity contribution in [2.75, 3.05) is 6.61 Å². The predicted octanol–water partition coefficient (Wildman–Crippen LogP) is 2.06. The average Bonchev–Trinajstić information content (AvgIpc) is 3.17. The van der Waals surface area contributed by atoms with E-state index in [4.69, 9.17) is 18.6 Å². The van der Waals surface area contributed by atoms with Gasteiger partial charge in [0.05, 0.1) is 18.3 Å². The van der Waals surface area contributed by atoms with Crippen molar-refractivity contribution in [3.63, 3.8) is 0 Å². The maximum atomic E-state index is 12.7. The molecular weight excluding hydrogens is 356 g/mol. The van der Waals surface area contributed by atoms with Crippen LogP contribution in [0.25, 0.3) is 0 Å². The van der Waals surface area contributed by atoms with E-state index in [1.54, 1.807) is 26.0 Å². The van der Waals surface area contributed by atoms with Gasteiger partial charge < -0.3 is 23.7 Å². The summed E-state index contributed by atoms with van der Waals surface area (Å²) in [5.41, 5.74) is -0.737. The Bertz CT molecular complexity index is 760. The highest BCUT2D eigenvalue weighted by Crippen LogP contribution is 2.46. The Hall–Kier alpha value is -2.06. The third kappa shape index (κ3) is 2.77. The molecule has 1 aliphatic carbocycles. The molecule has 2 aliphatic rings. The molecule has 0 saturated carbocycles. The van der Waals surface area contributed by atoms with E-state index in [0.29, 0.717) is 16.5 Å². The lowest BCUT2D eigenvalue weighted by Gasteiger charge is -2.42. The Morgan fingerprint density at radius 2 is 2.04 bits per heavy atom. The van der Waals surface area contributed by atoms with Crippen molar-refractivity contribution >= 4 is 25.6 Å². The van der Waals surface area contributed by atoms with Gasteiger partial charge in [0.1, 0.15) is 14.0 Å². The third-order valence-electron chi connectivity index (χ3n) is 4.83. The summed E-state index contributed by atoms with van der Waals surface area (Å²) in [4.78, 5) is 24.4. The first-order valence-corrected chi connectivity index (χ1v) is 12.1. The van der Waals surface area contributed by atoms with Crippen LogP contribution in [-0.4, -0.2) is 44.1 Å². The SMILES string of the molecule is CCOC(=O)[C@@H]1C=C(C)[C@H]2OC(=O)O[C@H]2[C@@]1(O)c1ccoc1[Si](C)(C)C. The van der Waals surface area contributed by atoms with E-state index in [-0.39, 0.29) is 6.61 Å². The van der Waals surface area contributed by atoms with Crippen LogP contribution in [0.1, 0.15) is 19.4 Å². The molecule has 7 nitrogen and oxygen atoms in total. The molecule has 0 radical (unpaired) electrons. The first-order valence-electron chi connectivity index (χ1n) is 8.63. The Morgan fingerprint density at radius 1 is 1.35 bits per heavy atom. The molecule has 1 aliphatic heterocycles. The number of aliphatic hydroxyl groups is 1. The summed E-state index contributed by atoms with van der Waals surface area (Å²) in [6.45, 7) is 9.81. The van der Waals surface area contributed by atoms with E-state index < -0.39 is 43.9 Å². The summed E-state index contributed by atoms with van der Waals surface area (Å²) in [5.74, 6) is -1.62. The van der Waals surface area contributed by atoms with Gasteiger partial charge >= 0.3 is 12.1 Å². The van der Waals surface area contributed by atoms with Crippen LogP contribution in [0.2, 0.25) is 19.6 Å². The van der Waals surface area contributed by atoms with Crippen LogP contribution in [0.5, 0.6) is 0 Å². The van der Waals surface area contributed by atoms with Crippen molar-refractivity contribution in [3.8, 4) is 0 Å². The lowest BCUT2D eigenvalue weighted by Crippen LogP contribution is -2.58. The molecule has 1 aromatic rings. The van der Waals surface area contributed by atoms with E-state index in [1.165, 1.54) is 6.26 Å². The molecule has 1 saturated heterocycles. The highest BCUT2D eigenvalue weighted by molar-refractivity contribution is 6.88. The molecule has 0 aromatic carbocycles. The van der Waals surface area contributed by atoms with Gasteiger partial charge in [-0.2, -0.15) is 0 Å². The summed E-state index contributed by atoms with van der Waals surface area (Å²) in [5, 5.41) is 12.4. The quantitative estimate of drug-likeness (QED) is 0.485. The fourth-order valence-corrected chi connectivity index (χ4v) is 5.19. The number of ether oxygens (including phenoxy) is 3. The van der Waals surface area contributed by atoms with Crippen molar-refractivity contribution in [1.29, 1.82) is 0 Å². The molecule has 4 atom stereocenters. The van der Waals surface area contributed by atoms with Crippen LogP contribution in [0.3, 0.4) is 0 Å². The molecule has 0 spiro atoms. The van der Waals surface area contributed by atoms with Gasteiger partial charge in [0.2, 0.25) is 0 Å². The maximum absolute atomic E-state index is 12.7. The van der Waals surface area contributed by atoms with Gasteiger partial charge in [-0.1, -0.05) is 25.7 Å². The zero-order valence-electron chi connectivity index (χ0n) is 15.6. The van der Waals surface area contributed by atoms with E-state index in [1.807, 2.05) is 0 Å². The topological polar surface area (TPSA) is 95.2 Å². The van der Waals surface area contributed by atoms with Crippen molar-refractivity contribution < 1.29 is 33.3 Å². The van der Waals surface area contributed by atoms with Crippen LogP contribution in [0.4, 0.5) is 4.79 Å². The van der Waals surface area contributed by atoms with Crippen molar-refractivity contribution in [2.45, 2.75) is 51.3 Å². The van der Waals surface area contributed by atoms with Gasteiger partial charge in [-0.25, -0.2) is 4.79 Å². The molecule has 1 fully saturated rings. The Morgan fingerprint density at radius 3 is 2.65 bits per heavy atom. The number of hydrogen-bond donors (Lipinski definition) is 1. The summed E-state index contributed by atoms with van der Waals surface area (Å²) in [6.07, 6.45) is 0.404. The van der Waals surface area contributed by atoms with Crippen molar-refractivity contribution in [1.82, 2.24) is 0 Å². The Balaban J connectivity index is 2.20. The molecule has 0 bridgehead atoms. The number of carbonyl (C=O) groups is 2. The minimum Gasteiger partial charge on any atom is -0.474 e. The highest BCUT2D eigenvalue weighted by atomic mass is 28.3. The fourth-order valence-electron chi connectivity index (χ4n) is 3.68. The monoisotopic (exact) mass is 380 g/mol. The maximum Gasteiger partial charge on any atom is 0.509 e. The lowest BCUT2D eigenvalue weighted by atomic mass is 9.70. The second kappa shape index (κ2) is 6.28. The largest absolute Gasteiger partial charge is 0.509 e. The van der Waals surface area contributed by atoms with E-state index in [2.05, 4.69) is 19.6 Å². The molecule has 0 unspecified atom stereocenters. The molecule has 1 aromatic heterocycles. The first-order chi connectivity index (χ1) is 12.1. The standard InChI is InChI=1S/C18H24O7Si/c1-6-22-15(19)12-9-10(2)13-14(25-17(20)24-13)18(12,21)11-7-8-23-16(11)26(3,4)5/h7-9,12-14,21H,6H2,1-5H3/t12-,13+,14+,18+/m0/s1. The number of carbonyl (C=O) groups excluding carboxylic acids is 2.